The molecule has 14 heteroatoms. The molecule has 0 bridgehead atoms. The van der Waals surface area contributed by atoms with Gasteiger partial charge in [0.2, 0.25) is 0 Å². The third kappa shape index (κ3) is 12.1. The predicted octanol–water partition coefficient (Wildman–Crippen LogP) is 10.3. The Balaban J connectivity index is 8.77. The van der Waals surface area contributed by atoms with Gasteiger partial charge in [0.1, 0.15) is 0 Å². The zero-order chi connectivity index (χ0) is 32.6. The van der Waals surface area contributed by atoms with Crippen molar-refractivity contribution in [2.45, 2.75) is 180 Å². The summed E-state index contributed by atoms with van der Waals surface area (Å²) in [4.78, 5) is 0. The van der Waals surface area contributed by atoms with Crippen molar-refractivity contribution in [1.82, 2.24) is 0 Å². The molecular weight excluding hydrogens is 656 g/mol. The number of rotatable bonds is 21. The van der Waals surface area contributed by atoms with E-state index in [-0.39, 0.29) is 54.9 Å². The first-order valence-electron chi connectivity index (χ1n) is 15.0. The molecule has 0 saturated heterocycles. The first-order chi connectivity index (χ1) is 18.5. The summed E-state index contributed by atoms with van der Waals surface area (Å²) in [5.74, 6) is 0. The summed E-state index contributed by atoms with van der Waals surface area (Å²) in [5, 5.41) is 0. The van der Waals surface area contributed by atoms with Gasteiger partial charge in [-0.15, -0.1) is 0 Å². The van der Waals surface area contributed by atoms with Gasteiger partial charge in [0.15, 0.2) is 0 Å². The molecule has 0 saturated carbocycles. The van der Waals surface area contributed by atoms with E-state index < -0.39 is 30.4 Å². The van der Waals surface area contributed by atoms with E-state index in [0.29, 0.717) is 0 Å². The maximum absolute atomic E-state index is 8.47. The van der Waals surface area contributed by atoms with Gasteiger partial charge in [-0.3, -0.25) is 0 Å². The topological polar surface area (TPSA) is 83.1 Å². The van der Waals surface area contributed by atoms with E-state index in [9.17, 15) is 0 Å². The molecule has 259 valence electrons. The van der Waals surface area contributed by atoms with Gasteiger partial charge in [-0.2, -0.15) is 0 Å². The minimum absolute atomic E-state index is 0.329. The van der Waals surface area contributed by atoms with Crippen molar-refractivity contribution < 1.29 is 51.1 Å². The average Bonchev–Trinajstić information content (AvgIpc) is 2.67. The van der Waals surface area contributed by atoms with Gasteiger partial charge in [0.25, 0.3) is 0 Å². The summed E-state index contributed by atoms with van der Waals surface area (Å²) in [6.07, 6.45) is -2.96. The van der Waals surface area contributed by atoms with E-state index in [1.54, 1.807) is 0 Å². The molecule has 0 radical (unpaired) electrons. The second-order valence-electron chi connectivity index (χ2n) is 12.3. The van der Waals surface area contributed by atoms with Crippen molar-refractivity contribution in [3.05, 3.63) is 0 Å². The molecule has 0 amide bonds. The van der Waals surface area contributed by atoms with Crippen LogP contribution in [0.4, 0.5) is 0 Å². The summed E-state index contributed by atoms with van der Waals surface area (Å²) in [7, 11) is 4.71. The fourth-order valence-electron chi connectivity index (χ4n) is 3.55. The standard InChI is InChI=1S/3C9H22O3P.ClH.Co/c3*1-7(2)10-13(11-8(3)4)12-9(5)6;;/h3*7-9,13H,1-6H3;1H;/q3*+1;;-2/p-1. The zero-order valence-corrected chi connectivity index (χ0v) is 33.9. The molecule has 0 rings (SSSR count). The second kappa shape index (κ2) is 18.2. The first kappa shape index (κ1) is 42.7. The van der Waals surface area contributed by atoms with Crippen molar-refractivity contribution in [2.75, 3.05) is 0 Å². The van der Waals surface area contributed by atoms with Crippen LogP contribution in [-0.2, 0) is 51.1 Å². The van der Waals surface area contributed by atoms with Crippen LogP contribution in [0.1, 0.15) is 125 Å². The molecule has 0 aliphatic rings. The first-order valence-corrected chi connectivity index (χ1v) is 25.8. The van der Waals surface area contributed by atoms with E-state index in [1.165, 1.54) is 0 Å². The molecule has 0 unspecified atom stereocenters. The van der Waals surface area contributed by atoms with Crippen molar-refractivity contribution in [3.8, 4) is 0 Å². The Labute approximate surface area is 260 Å². The minimum atomic E-state index is -4.16. The Morgan fingerprint density at radius 1 is 0.293 bits per heavy atom. The molecule has 0 aliphatic heterocycles. The predicted molar refractivity (Wildman–Crippen MR) is 177 cm³/mol. The van der Waals surface area contributed by atoms with Crippen molar-refractivity contribution >= 4 is 30.2 Å². The Bertz CT molecular complexity index is 568. The van der Waals surface area contributed by atoms with Crippen LogP contribution in [-0.4, -0.2) is 54.9 Å². The normalized spacial score (nSPS) is 17.8. The Kier molecular flexibility index (Phi) is 18.9. The number of hydrogen-bond donors (Lipinski definition) is 0. The van der Waals surface area contributed by atoms with Gasteiger partial charge in [-0.25, -0.2) is 0 Å². The Morgan fingerprint density at radius 3 is 0.463 bits per heavy atom. The van der Waals surface area contributed by atoms with Crippen LogP contribution >= 0.6 is 30.2 Å². The van der Waals surface area contributed by atoms with Crippen molar-refractivity contribution in [3.63, 3.8) is 0 Å². The van der Waals surface area contributed by atoms with Crippen LogP contribution in [0.15, 0.2) is 0 Å². The summed E-state index contributed by atoms with van der Waals surface area (Å²) >= 11 is 0. The molecule has 0 heterocycles. The molecule has 0 atom stereocenters. The molecule has 0 spiro atoms. The van der Waals surface area contributed by atoms with Gasteiger partial charge >= 0.3 is 261 Å². The maximum atomic E-state index is 8.47. The van der Waals surface area contributed by atoms with Crippen LogP contribution in [0, 0.1) is 0 Å². The average molecular weight is 722 g/mol. The van der Waals surface area contributed by atoms with Crippen LogP contribution < -0.4 is 0 Å². The molecule has 0 aromatic carbocycles. The van der Waals surface area contributed by atoms with E-state index in [2.05, 4.69) is 0 Å². The zero-order valence-electron chi connectivity index (χ0n) is 29.1. The number of halogens is 1. The fourth-order valence-corrected chi connectivity index (χ4v) is 46.7. The quantitative estimate of drug-likeness (QED) is 0.108. The number of hydrogen-bond acceptors (Lipinski definition) is 9. The van der Waals surface area contributed by atoms with Gasteiger partial charge in [0.05, 0.1) is 0 Å². The van der Waals surface area contributed by atoms with E-state index in [4.69, 9.17) is 50.9 Å². The summed E-state index contributed by atoms with van der Waals surface area (Å²) < 4.78 is 62.3. The van der Waals surface area contributed by atoms with Gasteiger partial charge < -0.3 is 0 Å². The fraction of sp³-hybridized carbons (Fsp3) is 1.00. The summed E-state index contributed by atoms with van der Waals surface area (Å²) in [6.45, 7) is 22.4. The van der Waals surface area contributed by atoms with E-state index >= 15 is 0 Å². The molecule has 0 fully saturated rings. The third-order valence-electron chi connectivity index (χ3n) is 4.18. The monoisotopic (exact) mass is 721 g/mol. The third-order valence-corrected chi connectivity index (χ3v) is 44.6. The van der Waals surface area contributed by atoms with Crippen LogP contribution in [0.5, 0.6) is 0 Å². The molecule has 41 heavy (non-hydrogen) atoms. The van der Waals surface area contributed by atoms with Crippen LogP contribution in [0.25, 0.3) is 0 Å². The summed E-state index contributed by atoms with van der Waals surface area (Å²) in [5.41, 5.74) is 0. The van der Waals surface area contributed by atoms with Gasteiger partial charge in [0, 0.05) is 0 Å². The molecule has 9 nitrogen and oxygen atoms in total. The molecular formula is C27H66ClCoO9P3. The van der Waals surface area contributed by atoms with Gasteiger partial charge in [-0.1, -0.05) is 0 Å². The second-order valence-corrected chi connectivity index (χ2v) is 38.7. The molecule has 0 aromatic heterocycles. The molecule has 0 N–H and O–H groups in total. The van der Waals surface area contributed by atoms with E-state index in [1.807, 2.05) is 125 Å². The van der Waals surface area contributed by atoms with Gasteiger partial charge in [-0.05, 0) is 0 Å². The van der Waals surface area contributed by atoms with Crippen molar-refractivity contribution in [1.29, 1.82) is 0 Å². The van der Waals surface area contributed by atoms with Crippen LogP contribution in [0.3, 0.4) is 0 Å². The van der Waals surface area contributed by atoms with Crippen molar-refractivity contribution in [2.24, 2.45) is 0 Å². The van der Waals surface area contributed by atoms with E-state index in [0.717, 1.165) is 0 Å². The molecule has 0 aromatic rings. The molecule has 0 aliphatic carbocycles. The Morgan fingerprint density at radius 2 is 0.390 bits per heavy atom. The van der Waals surface area contributed by atoms with Crippen LogP contribution in [0.2, 0.25) is 0 Å². The SMILES string of the molecule is CC(C)O[PH](OC(C)C)(OC(C)C)[Co]([Cl])([PH](OC(C)C)(OC(C)C)OC(C)C)[PH](OC(C)C)(OC(C)C)OC(C)C. The Hall–Kier alpha value is 1.73. The summed E-state index contributed by atoms with van der Waals surface area (Å²) in [6, 6.07) is 0.